The van der Waals surface area contributed by atoms with Crippen LogP contribution in [0, 0.1) is 5.82 Å². The number of nitrogen functional groups attached to an aromatic ring is 1. The third kappa shape index (κ3) is 4.82. The number of carbonyl (C=O) groups excluding carboxylic acids is 1. The highest BCUT2D eigenvalue weighted by molar-refractivity contribution is 5.94. The first-order chi connectivity index (χ1) is 8.13. The van der Waals surface area contributed by atoms with Gasteiger partial charge < -0.3 is 15.8 Å². The van der Waals surface area contributed by atoms with Gasteiger partial charge in [-0.2, -0.15) is 0 Å². The second-order valence-corrected chi connectivity index (χ2v) is 3.69. The molecule has 0 saturated heterocycles. The van der Waals surface area contributed by atoms with E-state index < -0.39 is 5.82 Å². The molecule has 4 nitrogen and oxygen atoms in total. The van der Waals surface area contributed by atoms with Crippen LogP contribution in [-0.2, 0) is 9.53 Å². The molecule has 0 aliphatic rings. The van der Waals surface area contributed by atoms with E-state index in [-0.39, 0.29) is 18.2 Å². The molecule has 5 heteroatoms. The molecule has 0 bridgehead atoms. The number of anilines is 2. The van der Waals surface area contributed by atoms with Crippen molar-refractivity contribution >= 4 is 17.3 Å². The van der Waals surface area contributed by atoms with E-state index in [1.807, 2.05) is 6.92 Å². The van der Waals surface area contributed by atoms with E-state index >= 15 is 0 Å². The molecule has 1 aromatic rings. The van der Waals surface area contributed by atoms with Crippen molar-refractivity contribution in [2.24, 2.45) is 0 Å². The molecule has 0 unspecified atom stereocenters. The molecule has 1 aromatic carbocycles. The fraction of sp³-hybridized carbons (Fsp3) is 0.417. The average molecular weight is 240 g/mol. The molecule has 0 fully saturated rings. The Morgan fingerprint density at radius 2 is 2.29 bits per heavy atom. The fourth-order valence-corrected chi connectivity index (χ4v) is 1.23. The van der Waals surface area contributed by atoms with Crippen LogP contribution in [0.15, 0.2) is 18.2 Å². The molecule has 0 aromatic heterocycles. The van der Waals surface area contributed by atoms with Gasteiger partial charge in [-0.25, -0.2) is 4.39 Å². The number of hydrogen-bond donors (Lipinski definition) is 2. The summed E-state index contributed by atoms with van der Waals surface area (Å²) in [6, 6.07) is 3.82. The second kappa shape index (κ2) is 6.85. The highest BCUT2D eigenvalue weighted by atomic mass is 19.1. The summed E-state index contributed by atoms with van der Waals surface area (Å²) in [4.78, 5) is 11.4. The van der Waals surface area contributed by atoms with Crippen molar-refractivity contribution in [2.75, 3.05) is 24.3 Å². The Morgan fingerprint density at radius 1 is 1.53 bits per heavy atom. The number of unbranched alkanes of at least 4 members (excludes halogenated alkanes) is 1. The Hall–Kier alpha value is -1.62. The van der Waals surface area contributed by atoms with E-state index in [1.54, 1.807) is 0 Å². The zero-order valence-electron chi connectivity index (χ0n) is 9.83. The lowest BCUT2D eigenvalue weighted by Gasteiger charge is -2.08. The van der Waals surface area contributed by atoms with Gasteiger partial charge >= 0.3 is 0 Å². The van der Waals surface area contributed by atoms with E-state index in [0.717, 1.165) is 12.8 Å². The molecule has 1 rings (SSSR count). The van der Waals surface area contributed by atoms with Gasteiger partial charge in [-0.05, 0) is 24.6 Å². The maximum Gasteiger partial charge on any atom is 0.250 e. The van der Waals surface area contributed by atoms with Crippen LogP contribution < -0.4 is 11.1 Å². The van der Waals surface area contributed by atoms with Crippen molar-refractivity contribution in [1.29, 1.82) is 0 Å². The van der Waals surface area contributed by atoms with E-state index in [0.29, 0.717) is 12.3 Å². The minimum atomic E-state index is -0.443. The van der Waals surface area contributed by atoms with Gasteiger partial charge in [0.2, 0.25) is 5.91 Å². The Balaban J connectivity index is 2.42. The first kappa shape index (κ1) is 13.4. The Kier molecular flexibility index (Phi) is 5.42. The minimum absolute atomic E-state index is 0.0457. The summed E-state index contributed by atoms with van der Waals surface area (Å²) < 4.78 is 18.0. The number of halogens is 1. The molecule has 1 amide bonds. The molecule has 0 saturated carbocycles. The molecular formula is C12H17FN2O2. The van der Waals surface area contributed by atoms with Crippen LogP contribution >= 0.6 is 0 Å². The van der Waals surface area contributed by atoms with Gasteiger partial charge in [0.25, 0.3) is 0 Å². The number of carbonyl (C=O) groups is 1. The first-order valence-corrected chi connectivity index (χ1v) is 5.56. The van der Waals surface area contributed by atoms with Crippen LogP contribution in [0.4, 0.5) is 15.8 Å². The standard InChI is InChI=1S/C12H17FN2O2/c1-2-3-6-17-8-12(16)15-11-7-9(13)4-5-10(11)14/h4-5,7H,2-3,6,8,14H2,1H3,(H,15,16). The number of rotatable bonds is 6. The quantitative estimate of drug-likeness (QED) is 0.591. The van der Waals surface area contributed by atoms with E-state index in [1.165, 1.54) is 18.2 Å². The lowest BCUT2D eigenvalue weighted by atomic mass is 10.2. The zero-order valence-corrected chi connectivity index (χ0v) is 9.83. The summed E-state index contributed by atoms with van der Waals surface area (Å²) in [6.45, 7) is 2.54. The number of amides is 1. The number of benzene rings is 1. The van der Waals surface area contributed by atoms with Crippen molar-refractivity contribution in [3.8, 4) is 0 Å². The maximum absolute atomic E-state index is 12.9. The molecule has 3 N–H and O–H groups in total. The molecule has 94 valence electrons. The average Bonchev–Trinajstić information content (AvgIpc) is 2.29. The second-order valence-electron chi connectivity index (χ2n) is 3.69. The van der Waals surface area contributed by atoms with Crippen LogP contribution in [0.3, 0.4) is 0 Å². The Bertz CT molecular complexity index is 383. The van der Waals surface area contributed by atoms with Crippen LogP contribution in [-0.4, -0.2) is 19.1 Å². The van der Waals surface area contributed by atoms with Crippen molar-refractivity contribution in [3.63, 3.8) is 0 Å². The monoisotopic (exact) mass is 240 g/mol. The van der Waals surface area contributed by atoms with E-state index in [4.69, 9.17) is 10.5 Å². The molecule has 0 heterocycles. The number of ether oxygens (including phenoxy) is 1. The van der Waals surface area contributed by atoms with Crippen molar-refractivity contribution in [2.45, 2.75) is 19.8 Å². The minimum Gasteiger partial charge on any atom is -0.397 e. The lowest BCUT2D eigenvalue weighted by molar-refractivity contribution is -0.120. The predicted molar refractivity (Wildman–Crippen MR) is 65.2 cm³/mol. The van der Waals surface area contributed by atoms with Gasteiger partial charge in [-0.3, -0.25) is 4.79 Å². The molecule has 0 aliphatic carbocycles. The van der Waals surface area contributed by atoms with Gasteiger partial charge in [0.15, 0.2) is 0 Å². The molecule has 0 spiro atoms. The SMILES string of the molecule is CCCCOCC(=O)Nc1cc(F)ccc1N. The Labute approximate surface area is 100.0 Å². The molecule has 0 aliphatic heterocycles. The highest BCUT2D eigenvalue weighted by Crippen LogP contribution is 2.18. The van der Waals surface area contributed by atoms with Crippen molar-refractivity contribution < 1.29 is 13.9 Å². The van der Waals surface area contributed by atoms with E-state index in [2.05, 4.69) is 5.32 Å². The van der Waals surface area contributed by atoms with Crippen LogP contribution in [0.5, 0.6) is 0 Å². The summed E-state index contributed by atoms with van der Waals surface area (Å²) in [5.41, 5.74) is 6.19. The van der Waals surface area contributed by atoms with Crippen LogP contribution in [0.25, 0.3) is 0 Å². The summed E-state index contributed by atoms with van der Waals surface area (Å²) >= 11 is 0. The summed E-state index contributed by atoms with van der Waals surface area (Å²) in [5, 5.41) is 2.50. The van der Waals surface area contributed by atoms with Gasteiger partial charge in [-0.1, -0.05) is 13.3 Å². The number of nitrogens with one attached hydrogen (secondary N) is 1. The van der Waals surface area contributed by atoms with Gasteiger partial charge in [0.05, 0.1) is 11.4 Å². The zero-order chi connectivity index (χ0) is 12.7. The maximum atomic E-state index is 12.9. The fourth-order valence-electron chi connectivity index (χ4n) is 1.23. The third-order valence-electron chi connectivity index (χ3n) is 2.16. The molecule has 0 atom stereocenters. The Morgan fingerprint density at radius 3 is 3.00 bits per heavy atom. The summed E-state index contributed by atoms with van der Waals surface area (Å²) in [6.07, 6.45) is 1.92. The normalized spacial score (nSPS) is 10.2. The van der Waals surface area contributed by atoms with Crippen molar-refractivity contribution in [3.05, 3.63) is 24.0 Å². The molecule has 17 heavy (non-hydrogen) atoms. The topological polar surface area (TPSA) is 64.3 Å². The van der Waals surface area contributed by atoms with Crippen LogP contribution in [0.1, 0.15) is 19.8 Å². The van der Waals surface area contributed by atoms with E-state index in [9.17, 15) is 9.18 Å². The smallest absolute Gasteiger partial charge is 0.250 e. The molecular weight excluding hydrogens is 223 g/mol. The third-order valence-corrected chi connectivity index (χ3v) is 2.16. The lowest BCUT2D eigenvalue weighted by Crippen LogP contribution is -2.19. The van der Waals surface area contributed by atoms with Crippen LogP contribution in [0.2, 0.25) is 0 Å². The first-order valence-electron chi connectivity index (χ1n) is 5.56. The molecule has 0 radical (unpaired) electrons. The van der Waals surface area contributed by atoms with Gasteiger partial charge in [0, 0.05) is 6.61 Å². The largest absolute Gasteiger partial charge is 0.397 e. The number of hydrogen-bond acceptors (Lipinski definition) is 3. The van der Waals surface area contributed by atoms with Crippen molar-refractivity contribution in [1.82, 2.24) is 0 Å². The van der Waals surface area contributed by atoms with Gasteiger partial charge in [0.1, 0.15) is 12.4 Å². The summed E-state index contributed by atoms with van der Waals surface area (Å²) in [5.74, 6) is -0.778. The summed E-state index contributed by atoms with van der Waals surface area (Å²) in [7, 11) is 0. The predicted octanol–water partition coefficient (Wildman–Crippen LogP) is 2.16. The highest BCUT2D eigenvalue weighted by Gasteiger charge is 2.06. The number of nitrogens with two attached hydrogens (primary N) is 1. The van der Waals surface area contributed by atoms with Gasteiger partial charge in [-0.15, -0.1) is 0 Å².